The molecule has 2 fully saturated rings. The van der Waals surface area contributed by atoms with E-state index >= 15 is 0 Å². The first-order valence-electron chi connectivity index (χ1n) is 9.36. The van der Waals surface area contributed by atoms with E-state index in [-0.39, 0.29) is 30.4 Å². The van der Waals surface area contributed by atoms with Crippen LogP contribution in [0.1, 0.15) is 5.56 Å². The lowest BCUT2D eigenvalue weighted by atomic mass is 10.2. The Balaban J connectivity index is 1.32. The van der Waals surface area contributed by atoms with Crippen molar-refractivity contribution in [3.8, 4) is 5.75 Å². The predicted octanol–water partition coefficient (Wildman–Crippen LogP) is 2.35. The van der Waals surface area contributed by atoms with E-state index in [1.54, 1.807) is 21.9 Å². The maximum Gasteiger partial charge on any atom is 0.320 e. The standard InChI is InChI=1S/C21H22FN3O3/c22-17-8-6-16(7-9-17)12-24-14-18-13-23(10-11-25(18)21(24)27)20(26)15-28-19-4-2-1-3-5-19/h1-9,18H,10-15H2/t18-/m1/s1. The van der Waals surface area contributed by atoms with Crippen LogP contribution in [0.15, 0.2) is 54.6 Å². The monoisotopic (exact) mass is 383 g/mol. The highest BCUT2D eigenvalue weighted by molar-refractivity contribution is 5.80. The number of nitrogens with zero attached hydrogens (tertiary/aromatic N) is 3. The number of piperazine rings is 1. The smallest absolute Gasteiger partial charge is 0.320 e. The van der Waals surface area contributed by atoms with Crippen molar-refractivity contribution in [1.29, 1.82) is 0 Å². The molecule has 0 N–H and O–H groups in total. The number of hydrogen-bond donors (Lipinski definition) is 0. The van der Waals surface area contributed by atoms with Gasteiger partial charge in [0.15, 0.2) is 6.61 Å². The number of hydrogen-bond acceptors (Lipinski definition) is 3. The van der Waals surface area contributed by atoms with Crippen molar-refractivity contribution < 1.29 is 18.7 Å². The summed E-state index contributed by atoms with van der Waals surface area (Å²) in [6.07, 6.45) is 0. The Hall–Kier alpha value is -3.09. The number of ether oxygens (including phenoxy) is 1. The summed E-state index contributed by atoms with van der Waals surface area (Å²) < 4.78 is 18.6. The molecule has 2 heterocycles. The van der Waals surface area contributed by atoms with Crippen LogP contribution < -0.4 is 4.74 Å². The van der Waals surface area contributed by atoms with Gasteiger partial charge < -0.3 is 19.4 Å². The Morgan fingerprint density at radius 3 is 2.54 bits per heavy atom. The molecule has 2 aliphatic heterocycles. The van der Waals surface area contributed by atoms with Gasteiger partial charge in [0.2, 0.25) is 0 Å². The van der Waals surface area contributed by atoms with Gasteiger partial charge in [-0.1, -0.05) is 30.3 Å². The van der Waals surface area contributed by atoms with Crippen molar-refractivity contribution in [3.05, 3.63) is 66.0 Å². The van der Waals surface area contributed by atoms with Gasteiger partial charge in [-0.2, -0.15) is 0 Å². The highest BCUT2D eigenvalue weighted by Crippen LogP contribution is 2.23. The van der Waals surface area contributed by atoms with Gasteiger partial charge in [-0.05, 0) is 29.8 Å². The quantitative estimate of drug-likeness (QED) is 0.797. The third kappa shape index (κ3) is 3.93. The summed E-state index contributed by atoms with van der Waals surface area (Å²) in [4.78, 5) is 30.5. The van der Waals surface area contributed by atoms with Gasteiger partial charge in [0.25, 0.3) is 5.91 Å². The number of carbonyl (C=O) groups is 2. The normalized spacial score (nSPS) is 19.0. The third-order valence-electron chi connectivity index (χ3n) is 5.17. The van der Waals surface area contributed by atoms with Crippen LogP contribution in [0, 0.1) is 5.82 Å². The van der Waals surface area contributed by atoms with Crippen LogP contribution in [0.2, 0.25) is 0 Å². The van der Waals surface area contributed by atoms with Crippen LogP contribution in [0.25, 0.3) is 0 Å². The lowest BCUT2D eigenvalue weighted by molar-refractivity contribution is -0.135. The van der Waals surface area contributed by atoms with Gasteiger partial charge in [-0.3, -0.25) is 4.79 Å². The van der Waals surface area contributed by atoms with Crippen LogP contribution >= 0.6 is 0 Å². The number of rotatable bonds is 5. The molecule has 0 unspecified atom stereocenters. The molecule has 6 nitrogen and oxygen atoms in total. The van der Waals surface area contributed by atoms with Crippen LogP contribution in [0.5, 0.6) is 5.75 Å². The number of para-hydroxylation sites is 1. The van der Waals surface area contributed by atoms with Crippen LogP contribution in [0.3, 0.4) is 0 Å². The summed E-state index contributed by atoms with van der Waals surface area (Å²) in [5.74, 6) is 0.296. The molecule has 0 bridgehead atoms. The lowest BCUT2D eigenvalue weighted by Crippen LogP contribution is -2.54. The Labute approximate surface area is 163 Å². The molecule has 0 radical (unpaired) electrons. The number of urea groups is 1. The molecular formula is C21H22FN3O3. The fraction of sp³-hybridized carbons (Fsp3) is 0.333. The topological polar surface area (TPSA) is 53.1 Å². The molecular weight excluding hydrogens is 361 g/mol. The second-order valence-corrected chi connectivity index (χ2v) is 7.08. The number of benzene rings is 2. The first-order valence-corrected chi connectivity index (χ1v) is 9.36. The van der Waals surface area contributed by atoms with E-state index in [1.165, 1.54) is 12.1 Å². The van der Waals surface area contributed by atoms with Gasteiger partial charge >= 0.3 is 6.03 Å². The molecule has 0 aliphatic carbocycles. The molecule has 2 saturated heterocycles. The minimum atomic E-state index is -0.291. The van der Waals surface area contributed by atoms with Gasteiger partial charge in [0.05, 0.1) is 6.04 Å². The van der Waals surface area contributed by atoms with Crippen molar-refractivity contribution in [2.24, 2.45) is 0 Å². The highest BCUT2D eigenvalue weighted by atomic mass is 19.1. The Morgan fingerprint density at radius 1 is 1.04 bits per heavy atom. The van der Waals surface area contributed by atoms with Crippen molar-refractivity contribution in [2.45, 2.75) is 12.6 Å². The molecule has 0 saturated carbocycles. The van der Waals surface area contributed by atoms with E-state index in [2.05, 4.69) is 0 Å². The molecule has 7 heteroatoms. The summed E-state index contributed by atoms with van der Waals surface area (Å²) >= 11 is 0. The maximum absolute atomic E-state index is 13.1. The van der Waals surface area contributed by atoms with Crippen LogP contribution in [-0.4, -0.2) is 65.5 Å². The van der Waals surface area contributed by atoms with Crippen molar-refractivity contribution >= 4 is 11.9 Å². The molecule has 146 valence electrons. The fourth-order valence-electron chi connectivity index (χ4n) is 3.70. The Kier molecular flexibility index (Phi) is 5.14. The van der Waals surface area contributed by atoms with E-state index in [9.17, 15) is 14.0 Å². The number of carbonyl (C=O) groups excluding carboxylic acids is 2. The Morgan fingerprint density at radius 2 is 1.79 bits per heavy atom. The summed E-state index contributed by atoms with van der Waals surface area (Å²) in [5.41, 5.74) is 0.888. The molecule has 0 spiro atoms. The molecule has 28 heavy (non-hydrogen) atoms. The largest absolute Gasteiger partial charge is 0.484 e. The molecule has 2 aromatic carbocycles. The molecule has 2 aromatic rings. The van der Waals surface area contributed by atoms with Crippen molar-refractivity contribution in [1.82, 2.24) is 14.7 Å². The maximum atomic E-state index is 13.1. The summed E-state index contributed by atoms with van der Waals surface area (Å²) in [7, 11) is 0. The average Bonchev–Trinajstić information content (AvgIpc) is 3.03. The van der Waals surface area contributed by atoms with E-state index in [1.807, 2.05) is 35.2 Å². The van der Waals surface area contributed by atoms with E-state index in [0.717, 1.165) is 5.56 Å². The SMILES string of the molecule is O=C(COc1ccccc1)N1CCN2C(=O)N(Cc3ccc(F)cc3)C[C@H]2C1. The zero-order chi connectivity index (χ0) is 19.5. The third-order valence-corrected chi connectivity index (χ3v) is 5.17. The zero-order valence-corrected chi connectivity index (χ0v) is 15.5. The zero-order valence-electron chi connectivity index (χ0n) is 15.5. The van der Waals surface area contributed by atoms with Crippen molar-refractivity contribution in [3.63, 3.8) is 0 Å². The average molecular weight is 383 g/mol. The summed E-state index contributed by atoms with van der Waals surface area (Å²) in [6.45, 7) is 2.51. The minimum Gasteiger partial charge on any atom is -0.484 e. The van der Waals surface area contributed by atoms with E-state index < -0.39 is 0 Å². The first-order chi connectivity index (χ1) is 13.6. The number of halogens is 1. The summed E-state index contributed by atoms with van der Waals surface area (Å²) in [5, 5.41) is 0. The molecule has 4 rings (SSSR count). The second-order valence-electron chi connectivity index (χ2n) is 7.08. The highest BCUT2D eigenvalue weighted by Gasteiger charge is 2.41. The predicted molar refractivity (Wildman–Crippen MR) is 101 cm³/mol. The van der Waals surface area contributed by atoms with E-state index in [0.29, 0.717) is 38.5 Å². The Bertz CT molecular complexity index is 844. The van der Waals surface area contributed by atoms with E-state index in [4.69, 9.17) is 4.74 Å². The lowest BCUT2D eigenvalue weighted by Gasteiger charge is -2.36. The fourth-order valence-corrected chi connectivity index (χ4v) is 3.70. The minimum absolute atomic E-state index is 0.00995. The summed E-state index contributed by atoms with van der Waals surface area (Å²) in [6, 6.07) is 15.4. The second kappa shape index (κ2) is 7.88. The molecule has 3 amide bonds. The molecule has 0 aromatic heterocycles. The van der Waals surface area contributed by atoms with Gasteiger partial charge in [0, 0.05) is 32.7 Å². The first kappa shape index (κ1) is 18.3. The van der Waals surface area contributed by atoms with Crippen LogP contribution in [-0.2, 0) is 11.3 Å². The molecule has 1 atom stereocenters. The van der Waals surface area contributed by atoms with Gasteiger partial charge in [0.1, 0.15) is 11.6 Å². The van der Waals surface area contributed by atoms with Crippen molar-refractivity contribution in [2.75, 3.05) is 32.8 Å². The van der Waals surface area contributed by atoms with Crippen LogP contribution in [0.4, 0.5) is 9.18 Å². The van der Waals surface area contributed by atoms with Gasteiger partial charge in [-0.25, -0.2) is 9.18 Å². The molecule has 2 aliphatic rings. The van der Waals surface area contributed by atoms with Gasteiger partial charge in [-0.15, -0.1) is 0 Å². The number of amides is 3. The number of fused-ring (bicyclic) bond motifs is 1.